The molecular formula is C23H24N2O4. The molecule has 2 aromatic carbocycles. The van der Waals surface area contributed by atoms with Gasteiger partial charge in [-0.15, -0.1) is 0 Å². The van der Waals surface area contributed by atoms with Crippen LogP contribution in [0.2, 0.25) is 0 Å². The molecule has 29 heavy (non-hydrogen) atoms. The summed E-state index contributed by atoms with van der Waals surface area (Å²) in [6.07, 6.45) is 3.27. The Morgan fingerprint density at radius 3 is 2.34 bits per heavy atom. The number of nitrogens with zero attached hydrogens (tertiary/aromatic N) is 1. The van der Waals surface area contributed by atoms with Crippen molar-refractivity contribution in [3.63, 3.8) is 0 Å². The van der Waals surface area contributed by atoms with Crippen LogP contribution in [0.1, 0.15) is 42.6 Å². The summed E-state index contributed by atoms with van der Waals surface area (Å²) in [7, 11) is 0. The van der Waals surface area contributed by atoms with Crippen LogP contribution in [0.25, 0.3) is 6.08 Å². The zero-order valence-electron chi connectivity index (χ0n) is 16.6. The average molecular weight is 392 g/mol. The van der Waals surface area contributed by atoms with Crippen molar-refractivity contribution in [3.8, 4) is 11.8 Å². The van der Waals surface area contributed by atoms with Gasteiger partial charge >= 0.3 is 5.97 Å². The van der Waals surface area contributed by atoms with E-state index in [1.807, 2.05) is 19.9 Å². The molecule has 6 heteroatoms. The first-order valence-electron chi connectivity index (χ1n) is 9.50. The molecule has 0 aromatic heterocycles. The quantitative estimate of drug-likeness (QED) is 0.292. The van der Waals surface area contributed by atoms with Crippen LogP contribution in [0.3, 0.4) is 0 Å². The number of anilines is 1. The Balaban J connectivity index is 2.01. The van der Waals surface area contributed by atoms with Crippen LogP contribution in [0.5, 0.6) is 5.75 Å². The van der Waals surface area contributed by atoms with E-state index in [-0.39, 0.29) is 5.57 Å². The Morgan fingerprint density at radius 2 is 1.76 bits per heavy atom. The van der Waals surface area contributed by atoms with Crippen LogP contribution in [-0.2, 0) is 9.53 Å². The van der Waals surface area contributed by atoms with Crippen LogP contribution in [0.15, 0.2) is 54.1 Å². The number of rotatable bonds is 9. The summed E-state index contributed by atoms with van der Waals surface area (Å²) < 4.78 is 10.5. The van der Waals surface area contributed by atoms with Crippen LogP contribution in [-0.4, -0.2) is 25.1 Å². The monoisotopic (exact) mass is 392 g/mol. The lowest BCUT2D eigenvalue weighted by Crippen LogP contribution is -2.13. The normalized spacial score (nSPS) is 10.7. The highest BCUT2D eigenvalue weighted by Crippen LogP contribution is 2.16. The third-order valence-corrected chi connectivity index (χ3v) is 3.98. The van der Waals surface area contributed by atoms with Crippen molar-refractivity contribution in [2.75, 3.05) is 18.5 Å². The Labute approximate surface area is 170 Å². The SMILES string of the molecule is CCCCOC(=O)c1ccc(NC(=O)C(C#N)=Cc2ccc(OCC)cc2)cc1. The number of carbonyl (C=O) groups excluding carboxylic acids is 2. The number of nitrogens with one attached hydrogen (secondary N) is 1. The van der Waals surface area contributed by atoms with Crippen molar-refractivity contribution in [2.24, 2.45) is 0 Å². The number of unbranched alkanes of at least 4 members (excludes halogenated alkanes) is 1. The van der Waals surface area contributed by atoms with Gasteiger partial charge in [-0.1, -0.05) is 25.5 Å². The fourth-order valence-corrected chi connectivity index (χ4v) is 2.42. The highest BCUT2D eigenvalue weighted by Gasteiger charge is 2.11. The Hall–Kier alpha value is -3.59. The van der Waals surface area contributed by atoms with Crippen LogP contribution in [0.4, 0.5) is 5.69 Å². The van der Waals surface area contributed by atoms with Crippen molar-refractivity contribution >= 4 is 23.6 Å². The second-order valence-electron chi connectivity index (χ2n) is 6.19. The standard InChI is InChI=1S/C23H24N2O4/c1-3-5-14-29-23(27)18-8-10-20(11-9-18)25-22(26)19(16-24)15-17-6-12-21(13-7-17)28-4-2/h6-13,15H,3-5,14H2,1-2H3,(H,25,26). The van der Waals surface area contributed by atoms with Crippen molar-refractivity contribution in [1.82, 2.24) is 0 Å². The van der Waals surface area contributed by atoms with E-state index in [1.165, 1.54) is 6.08 Å². The number of benzene rings is 2. The summed E-state index contributed by atoms with van der Waals surface area (Å²) in [5.41, 5.74) is 1.57. The molecule has 2 aromatic rings. The average Bonchev–Trinajstić information content (AvgIpc) is 2.74. The van der Waals surface area contributed by atoms with Gasteiger partial charge in [0.05, 0.1) is 18.8 Å². The largest absolute Gasteiger partial charge is 0.494 e. The van der Waals surface area contributed by atoms with Gasteiger partial charge in [0, 0.05) is 5.69 Å². The Kier molecular flexibility index (Phi) is 8.46. The van der Waals surface area contributed by atoms with E-state index in [0.717, 1.165) is 18.6 Å². The number of amides is 1. The molecule has 0 saturated carbocycles. The molecule has 0 fully saturated rings. The number of hydrogen-bond donors (Lipinski definition) is 1. The number of nitriles is 1. The van der Waals surface area contributed by atoms with E-state index in [4.69, 9.17) is 9.47 Å². The van der Waals surface area contributed by atoms with Crippen molar-refractivity contribution < 1.29 is 19.1 Å². The topological polar surface area (TPSA) is 88.4 Å². The molecule has 0 bridgehead atoms. The van der Waals surface area contributed by atoms with Crippen LogP contribution in [0, 0.1) is 11.3 Å². The van der Waals surface area contributed by atoms with Gasteiger partial charge in [-0.05, 0) is 61.4 Å². The van der Waals surface area contributed by atoms with Gasteiger partial charge in [0.15, 0.2) is 0 Å². The maximum absolute atomic E-state index is 12.4. The fraction of sp³-hybridized carbons (Fsp3) is 0.261. The third-order valence-electron chi connectivity index (χ3n) is 3.98. The molecule has 0 heterocycles. The summed E-state index contributed by atoms with van der Waals surface area (Å²) in [5, 5.41) is 12.0. The Bertz CT molecular complexity index is 894. The highest BCUT2D eigenvalue weighted by atomic mass is 16.5. The molecule has 6 nitrogen and oxygen atoms in total. The van der Waals surface area contributed by atoms with Gasteiger partial charge in [0.1, 0.15) is 17.4 Å². The number of ether oxygens (including phenoxy) is 2. The van der Waals surface area contributed by atoms with E-state index < -0.39 is 11.9 Å². The molecule has 0 unspecified atom stereocenters. The minimum Gasteiger partial charge on any atom is -0.494 e. The first-order valence-corrected chi connectivity index (χ1v) is 9.50. The highest BCUT2D eigenvalue weighted by molar-refractivity contribution is 6.09. The fourth-order valence-electron chi connectivity index (χ4n) is 2.42. The first kappa shape index (κ1) is 21.7. The van der Waals surface area contributed by atoms with E-state index in [0.29, 0.717) is 30.0 Å². The van der Waals surface area contributed by atoms with E-state index in [1.54, 1.807) is 48.5 Å². The maximum Gasteiger partial charge on any atom is 0.338 e. The zero-order chi connectivity index (χ0) is 21.1. The zero-order valence-corrected chi connectivity index (χ0v) is 16.6. The van der Waals surface area contributed by atoms with Crippen molar-refractivity contribution in [1.29, 1.82) is 5.26 Å². The molecule has 0 radical (unpaired) electrons. The van der Waals surface area contributed by atoms with E-state index >= 15 is 0 Å². The lowest BCUT2D eigenvalue weighted by Gasteiger charge is -2.07. The van der Waals surface area contributed by atoms with Gasteiger partial charge in [-0.2, -0.15) is 5.26 Å². The Morgan fingerprint density at radius 1 is 1.07 bits per heavy atom. The van der Waals surface area contributed by atoms with Gasteiger partial charge in [0.2, 0.25) is 0 Å². The summed E-state index contributed by atoms with van der Waals surface area (Å²) in [6, 6.07) is 15.4. The summed E-state index contributed by atoms with van der Waals surface area (Å²) in [5.74, 6) is -0.204. The molecule has 0 saturated heterocycles. The summed E-state index contributed by atoms with van der Waals surface area (Å²) in [6.45, 7) is 4.87. The molecule has 0 aliphatic carbocycles. The summed E-state index contributed by atoms with van der Waals surface area (Å²) in [4.78, 5) is 24.3. The maximum atomic E-state index is 12.4. The second kappa shape index (κ2) is 11.3. The minimum absolute atomic E-state index is 0.0304. The van der Waals surface area contributed by atoms with E-state index in [9.17, 15) is 14.9 Å². The van der Waals surface area contributed by atoms with Crippen LogP contribution >= 0.6 is 0 Å². The molecule has 2 rings (SSSR count). The predicted octanol–water partition coefficient (Wildman–Crippen LogP) is 4.59. The van der Waals surface area contributed by atoms with Gasteiger partial charge < -0.3 is 14.8 Å². The van der Waals surface area contributed by atoms with Crippen molar-refractivity contribution in [2.45, 2.75) is 26.7 Å². The number of carbonyl (C=O) groups is 2. The first-order chi connectivity index (χ1) is 14.1. The van der Waals surface area contributed by atoms with Crippen molar-refractivity contribution in [3.05, 3.63) is 65.2 Å². The second-order valence-corrected chi connectivity index (χ2v) is 6.19. The lowest BCUT2D eigenvalue weighted by molar-refractivity contribution is -0.112. The molecule has 0 aliphatic rings. The molecule has 0 atom stereocenters. The third kappa shape index (κ3) is 6.82. The van der Waals surface area contributed by atoms with Gasteiger partial charge in [0.25, 0.3) is 5.91 Å². The molecule has 1 amide bonds. The van der Waals surface area contributed by atoms with Crippen LogP contribution < -0.4 is 10.1 Å². The molecule has 0 spiro atoms. The molecule has 1 N–H and O–H groups in total. The smallest absolute Gasteiger partial charge is 0.338 e. The lowest BCUT2D eigenvalue weighted by atomic mass is 10.1. The van der Waals surface area contributed by atoms with Gasteiger partial charge in [-0.3, -0.25) is 4.79 Å². The number of esters is 1. The molecule has 150 valence electrons. The number of hydrogen-bond acceptors (Lipinski definition) is 5. The minimum atomic E-state index is -0.528. The summed E-state index contributed by atoms with van der Waals surface area (Å²) >= 11 is 0. The molecule has 0 aliphatic heterocycles. The van der Waals surface area contributed by atoms with E-state index in [2.05, 4.69) is 5.32 Å². The predicted molar refractivity (Wildman–Crippen MR) is 111 cm³/mol. The van der Waals surface area contributed by atoms with Gasteiger partial charge in [-0.25, -0.2) is 4.79 Å². The molecular weight excluding hydrogens is 368 g/mol.